The molecule has 0 aliphatic rings. The van der Waals surface area contributed by atoms with Gasteiger partial charge in [0.05, 0.1) is 0 Å². The normalized spacial score (nSPS) is 0. The standard InChI is InChI=1S/2O.S.2Tm/q3*-2;2*+3. The molecule has 0 rings (SSSR count). The third-order valence-electron chi connectivity index (χ3n) is 0. The van der Waals surface area contributed by atoms with Crippen LogP contribution in [0.5, 0.6) is 0 Å². The van der Waals surface area contributed by atoms with Crippen LogP contribution < -0.4 is 0 Å². The van der Waals surface area contributed by atoms with Crippen LogP contribution in [0.2, 0.25) is 0 Å². The molecule has 0 saturated carbocycles. The molecule has 0 aromatic carbocycles. The first kappa shape index (κ1) is 46.9. The molecule has 0 spiro atoms. The van der Waals surface area contributed by atoms with E-state index in [9.17, 15) is 0 Å². The van der Waals surface area contributed by atoms with Crippen LogP contribution in [0.1, 0.15) is 0 Å². The fraction of sp³-hybridized carbons (Fsp3) is 0. The van der Waals surface area contributed by atoms with E-state index >= 15 is 0 Å². The maximum absolute atomic E-state index is 0. The Morgan fingerprint density at radius 2 is 0.600 bits per heavy atom. The monoisotopic (exact) mass is 402 g/mol. The fourth-order valence-corrected chi connectivity index (χ4v) is 0. The van der Waals surface area contributed by atoms with Crippen LogP contribution >= 0.6 is 0 Å². The van der Waals surface area contributed by atoms with Crippen molar-refractivity contribution in [3.8, 4) is 0 Å². The summed E-state index contributed by atoms with van der Waals surface area (Å²) >= 11 is 0. The molecule has 5 heavy (non-hydrogen) atoms. The SMILES string of the molecule is [O-2].[O-2].[S-2].[Tm+3].[Tm+3]. The molecule has 0 amide bonds. The van der Waals surface area contributed by atoms with Crippen molar-refractivity contribution >= 4 is 13.5 Å². The van der Waals surface area contributed by atoms with Gasteiger partial charge in [0.25, 0.3) is 0 Å². The average molecular weight is 402 g/mol. The number of hydrogen-bond acceptors (Lipinski definition) is 0. The van der Waals surface area contributed by atoms with Crippen LogP contribution in [0, 0.1) is 73.7 Å². The molecule has 0 radical (unpaired) electrons. The molecule has 0 fully saturated rings. The summed E-state index contributed by atoms with van der Waals surface area (Å²) in [5, 5.41) is 0. The summed E-state index contributed by atoms with van der Waals surface area (Å²) in [5.74, 6) is 0. The van der Waals surface area contributed by atoms with Gasteiger partial charge < -0.3 is 24.4 Å². The van der Waals surface area contributed by atoms with E-state index in [1.165, 1.54) is 0 Å². The van der Waals surface area contributed by atoms with E-state index in [1.54, 1.807) is 0 Å². The van der Waals surface area contributed by atoms with Gasteiger partial charge in [0.2, 0.25) is 0 Å². The van der Waals surface area contributed by atoms with Crippen molar-refractivity contribution in [2.24, 2.45) is 0 Å². The largest absolute Gasteiger partial charge is 3.00 e. The van der Waals surface area contributed by atoms with Gasteiger partial charge in [-0.3, -0.25) is 0 Å². The van der Waals surface area contributed by atoms with Crippen molar-refractivity contribution in [2.75, 3.05) is 0 Å². The van der Waals surface area contributed by atoms with Crippen molar-refractivity contribution in [3.05, 3.63) is 0 Å². The first-order chi connectivity index (χ1) is 0. The predicted octanol–water partition coefficient (Wildman–Crippen LogP) is -0.240. The Bertz CT molecular complexity index is 7.61. The Morgan fingerprint density at radius 1 is 0.600 bits per heavy atom. The number of hydrogen-bond donors (Lipinski definition) is 0. The molecule has 0 unspecified atom stereocenters. The van der Waals surface area contributed by atoms with E-state index in [1.807, 2.05) is 0 Å². The van der Waals surface area contributed by atoms with Gasteiger partial charge in [0.1, 0.15) is 0 Å². The van der Waals surface area contributed by atoms with E-state index < -0.39 is 0 Å². The second kappa shape index (κ2) is 29.6. The van der Waals surface area contributed by atoms with Crippen molar-refractivity contribution in [1.82, 2.24) is 0 Å². The van der Waals surface area contributed by atoms with Gasteiger partial charge in [-0.05, 0) is 0 Å². The van der Waals surface area contributed by atoms with Crippen LogP contribution in [-0.2, 0) is 24.4 Å². The smallest absolute Gasteiger partial charge is 2.00 e. The topological polar surface area (TPSA) is 57.0 Å². The predicted molar refractivity (Wildman–Crippen MR) is 8.74 cm³/mol. The third kappa shape index (κ3) is 20.2. The quantitative estimate of drug-likeness (QED) is 0.538. The zero-order chi connectivity index (χ0) is 0. The van der Waals surface area contributed by atoms with Gasteiger partial charge in [0.15, 0.2) is 0 Å². The van der Waals surface area contributed by atoms with Crippen LogP contribution in [0.25, 0.3) is 0 Å². The summed E-state index contributed by atoms with van der Waals surface area (Å²) < 4.78 is 0. The Kier molecular flexibility index (Phi) is 277. The summed E-state index contributed by atoms with van der Waals surface area (Å²) in [6, 6.07) is 0. The minimum Gasteiger partial charge on any atom is -2.00 e. The Balaban J connectivity index is 0. The van der Waals surface area contributed by atoms with Gasteiger partial charge in [-0.1, -0.05) is 0 Å². The van der Waals surface area contributed by atoms with E-state index in [0.29, 0.717) is 0 Å². The molecule has 0 atom stereocenters. The minimum atomic E-state index is 0. The zero-order valence-corrected chi connectivity index (χ0v) is 6.16. The molecular weight excluding hydrogens is 402 g/mol. The summed E-state index contributed by atoms with van der Waals surface area (Å²) in [5.41, 5.74) is 0. The fourth-order valence-electron chi connectivity index (χ4n) is 0. The maximum atomic E-state index is 0. The van der Waals surface area contributed by atoms with Crippen molar-refractivity contribution in [1.29, 1.82) is 0 Å². The van der Waals surface area contributed by atoms with Gasteiger partial charge >= 0.3 is 73.7 Å². The molecular formula is O2STm2. The van der Waals surface area contributed by atoms with Crippen LogP contribution in [0.4, 0.5) is 0 Å². The van der Waals surface area contributed by atoms with Crippen molar-refractivity contribution in [3.63, 3.8) is 0 Å². The number of rotatable bonds is 0. The van der Waals surface area contributed by atoms with Crippen molar-refractivity contribution in [2.45, 2.75) is 0 Å². The zero-order valence-electron chi connectivity index (χ0n) is 1.78. The summed E-state index contributed by atoms with van der Waals surface area (Å²) in [7, 11) is 0. The second-order valence-corrected chi connectivity index (χ2v) is 0. The van der Waals surface area contributed by atoms with Crippen LogP contribution in [0.3, 0.4) is 0 Å². The summed E-state index contributed by atoms with van der Waals surface area (Å²) in [6.07, 6.45) is 0. The van der Waals surface area contributed by atoms with Gasteiger partial charge in [-0.15, -0.1) is 0 Å². The van der Waals surface area contributed by atoms with Crippen LogP contribution in [0.15, 0.2) is 0 Å². The summed E-state index contributed by atoms with van der Waals surface area (Å²) in [6.45, 7) is 0. The van der Waals surface area contributed by atoms with E-state index in [4.69, 9.17) is 0 Å². The van der Waals surface area contributed by atoms with Crippen LogP contribution in [-0.4, -0.2) is 0 Å². The summed E-state index contributed by atoms with van der Waals surface area (Å²) in [4.78, 5) is 0. The second-order valence-electron chi connectivity index (χ2n) is 0. The minimum absolute atomic E-state index is 0. The van der Waals surface area contributed by atoms with Gasteiger partial charge in [-0.2, -0.15) is 0 Å². The Hall–Kier alpha value is 2.74. The average Bonchev–Trinajstić information content (AvgIpc) is 0. The first-order valence-corrected chi connectivity index (χ1v) is 0. The van der Waals surface area contributed by atoms with E-state index in [-0.39, 0.29) is 98.2 Å². The van der Waals surface area contributed by atoms with Gasteiger partial charge in [0, 0.05) is 0 Å². The molecule has 0 saturated heterocycles. The molecule has 2 nitrogen and oxygen atoms in total. The first-order valence-electron chi connectivity index (χ1n) is 0. The molecule has 0 N–H and O–H groups in total. The Labute approximate surface area is 96.1 Å². The maximum Gasteiger partial charge on any atom is 3.00 e. The van der Waals surface area contributed by atoms with Crippen molar-refractivity contribution < 1.29 is 84.7 Å². The van der Waals surface area contributed by atoms with Gasteiger partial charge in [-0.25, -0.2) is 0 Å². The van der Waals surface area contributed by atoms with E-state index in [0.717, 1.165) is 0 Å². The molecule has 0 heterocycles. The molecule has 0 aromatic heterocycles. The molecule has 0 aliphatic carbocycles. The van der Waals surface area contributed by atoms with E-state index in [2.05, 4.69) is 0 Å². The third-order valence-corrected chi connectivity index (χ3v) is 0. The molecule has 0 bridgehead atoms. The molecule has 44 valence electrons. The molecule has 0 aromatic rings. The Morgan fingerprint density at radius 3 is 0.600 bits per heavy atom. The molecule has 5 heteroatoms. The molecule has 0 aliphatic heterocycles.